The average Bonchev–Trinajstić information content (AvgIpc) is 2.15. The SMILES string of the molecule is CC(=O)NCC#Cc1cnc(N)nc1. The highest BCUT2D eigenvalue weighted by atomic mass is 16.1. The lowest BCUT2D eigenvalue weighted by molar-refractivity contribution is -0.118. The zero-order valence-electron chi connectivity index (χ0n) is 7.74. The monoisotopic (exact) mass is 190 g/mol. The molecule has 0 fully saturated rings. The molecule has 1 amide bonds. The molecular formula is C9H10N4O. The molecule has 0 radical (unpaired) electrons. The molecule has 5 nitrogen and oxygen atoms in total. The van der Waals surface area contributed by atoms with E-state index >= 15 is 0 Å². The van der Waals surface area contributed by atoms with Gasteiger partial charge in [-0.2, -0.15) is 0 Å². The molecule has 14 heavy (non-hydrogen) atoms. The summed E-state index contributed by atoms with van der Waals surface area (Å²) < 4.78 is 0. The Morgan fingerprint density at radius 3 is 2.79 bits per heavy atom. The van der Waals surface area contributed by atoms with Crippen LogP contribution in [0, 0.1) is 11.8 Å². The van der Waals surface area contributed by atoms with E-state index in [9.17, 15) is 4.79 Å². The first-order valence-corrected chi connectivity index (χ1v) is 3.99. The number of rotatable bonds is 1. The molecule has 0 saturated heterocycles. The third-order valence-electron chi connectivity index (χ3n) is 1.33. The summed E-state index contributed by atoms with van der Waals surface area (Å²) in [7, 11) is 0. The highest BCUT2D eigenvalue weighted by molar-refractivity contribution is 5.73. The average molecular weight is 190 g/mol. The van der Waals surface area contributed by atoms with Gasteiger partial charge in [0.05, 0.1) is 12.1 Å². The number of nitrogens with one attached hydrogen (secondary N) is 1. The number of nitrogens with zero attached hydrogens (tertiary/aromatic N) is 2. The summed E-state index contributed by atoms with van der Waals surface area (Å²) in [6, 6.07) is 0. The number of nitrogen functional groups attached to an aromatic ring is 1. The molecule has 0 unspecified atom stereocenters. The zero-order chi connectivity index (χ0) is 10.4. The minimum Gasteiger partial charge on any atom is -0.368 e. The molecule has 0 aliphatic rings. The van der Waals surface area contributed by atoms with Crippen LogP contribution in [-0.4, -0.2) is 22.4 Å². The van der Waals surface area contributed by atoms with E-state index in [4.69, 9.17) is 5.73 Å². The Hall–Kier alpha value is -2.09. The molecule has 0 bridgehead atoms. The number of carbonyl (C=O) groups excluding carboxylic acids is 1. The third-order valence-corrected chi connectivity index (χ3v) is 1.33. The molecule has 0 atom stereocenters. The maximum absolute atomic E-state index is 10.5. The Balaban J connectivity index is 2.51. The highest BCUT2D eigenvalue weighted by Crippen LogP contribution is 1.93. The molecule has 3 N–H and O–H groups in total. The van der Waals surface area contributed by atoms with E-state index in [-0.39, 0.29) is 11.9 Å². The van der Waals surface area contributed by atoms with Crippen LogP contribution in [0.2, 0.25) is 0 Å². The van der Waals surface area contributed by atoms with Crippen molar-refractivity contribution < 1.29 is 4.79 Å². The van der Waals surface area contributed by atoms with Gasteiger partial charge in [0.1, 0.15) is 0 Å². The smallest absolute Gasteiger partial charge is 0.219 e. The van der Waals surface area contributed by atoms with Gasteiger partial charge in [0.2, 0.25) is 11.9 Å². The summed E-state index contributed by atoms with van der Waals surface area (Å²) in [6.45, 7) is 1.76. The van der Waals surface area contributed by atoms with Crippen LogP contribution in [0.25, 0.3) is 0 Å². The minimum absolute atomic E-state index is 0.104. The second-order valence-corrected chi connectivity index (χ2v) is 2.54. The van der Waals surface area contributed by atoms with E-state index in [2.05, 4.69) is 27.1 Å². The Kier molecular flexibility index (Phi) is 3.44. The predicted molar refractivity (Wildman–Crippen MR) is 52.0 cm³/mol. The van der Waals surface area contributed by atoms with Gasteiger partial charge < -0.3 is 11.1 Å². The number of hydrogen-bond donors (Lipinski definition) is 2. The normalized spacial score (nSPS) is 8.64. The lowest BCUT2D eigenvalue weighted by Gasteiger charge is -1.92. The Bertz CT molecular complexity index is 374. The molecule has 0 spiro atoms. The van der Waals surface area contributed by atoms with E-state index in [0.717, 1.165) is 0 Å². The van der Waals surface area contributed by atoms with Gasteiger partial charge in [-0.25, -0.2) is 9.97 Å². The highest BCUT2D eigenvalue weighted by Gasteiger charge is 1.88. The van der Waals surface area contributed by atoms with Crippen molar-refractivity contribution in [3.63, 3.8) is 0 Å². The van der Waals surface area contributed by atoms with Crippen molar-refractivity contribution >= 4 is 11.9 Å². The first kappa shape index (κ1) is 9.99. The summed E-state index contributed by atoms with van der Waals surface area (Å²) in [4.78, 5) is 18.0. The van der Waals surface area contributed by atoms with Crippen LogP contribution < -0.4 is 11.1 Å². The first-order chi connectivity index (χ1) is 6.68. The number of aromatic nitrogens is 2. The second kappa shape index (κ2) is 4.82. The van der Waals surface area contributed by atoms with E-state index in [0.29, 0.717) is 12.1 Å². The van der Waals surface area contributed by atoms with Gasteiger partial charge in [-0.3, -0.25) is 4.79 Å². The van der Waals surface area contributed by atoms with Crippen LogP contribution in [0.3, 0.4) is 0 Å². The zero-order valence-corrected chi connectivity index (χ0v) is 7.74. The molecule has 0 aromatic carbocycles. The van der Waals surface area contributed by atoms with Crippen molar-refractivity contribution in [3.05, 3.63) is 18.0 Å². The summed E-state index contributed by atoms with van der Waals surface area (Å²) in [5.41, 5.74) is 5.96. The number of hydrogen-bond acceptors (Lipinski definition) is 4. The van der Waals surface area contributed by atoms with Crippen LogP contribution in [0.5, 0.6) is 0 Å². The minimum atomic E-state index is -0.104. The molecule has 72 valence electrons. The molecule has 0 aliphatic carbocycles. The molecule has 1 heterocycles. The van der Waals surface area contributed by atoms with Gasteiger partial charge >= 0.3 is 0 Å². The summed E-state index contributed by atoms with van der Waals surface area (Å²) in [5, 5.41) is 2.55. The lowest BCUT2D eigenvalue weighted by atomic mass is 10.3. The van der Waals surface area contributed by atoms with E-state index in [1.165, 1.54) is 19.3 Å². The van der Waals surface area contributed by atoms with E-state index in [1.807, 2.05) is 0 Å². The van der Waals surface area contributed by atoms with Crippen molar-refractivity contribution in [3.8, 4) is 11.8 Å². The van der Waals surface area contributed by atoms with Gasteiger partial charge in [-0.15, -0.1) is 0 Å². The summed E-state index contributed by atoms with van der Waals surface area (Å²) >= 11 is 0. The van der Waals surface area contributed by atoms with Crippen LogP contribution in [0.4, 0.5) is 5.95 Å². The molecule has 1 aromatic rings. The fraction of sp³-hybridized carbons (Fsp3) is 0.222. The van der Waals surface area contributed by atoms with Gasteiger partial charge in [0, 0.05) is 19.3 Å². The first-order valence-electron chi connectivity index (χ1n) is 3.99. The third kappa shape index (κ3) is 3.54. The molecule has 5 heteroatoms. The molecule has 1 rings (SSSR count). The maximum atomic E-state index is 10.5. The van der Waals surface area contributed by atoms with Crippen LogP contribution in [0.1, 0.15) is 12.5 Å². The van der Waals surface area contributed by atoms with Crippen LogP contribution >= 0.6 is 0 Å². The maximum Gasteiger partial charge on any atom is 0.219 e. The van der Waals surface area contributed by atoms with Crippen molar-refractivity contribution in [2.75, 3.05) is 12.3 Å². The fourth-order valence-electron chi connectivity index (χ4n) is 0.717. The number of nitrogens with two attached hydrogens (primary N) is 1. The molecule has 0 aliphatic heterocycles. The van der Waals surface area contributed by atoms with Gasteiger partial charge in [0.15, 0.2) is 0 Å². The largest absolute Gasteiger partial charge is 0.368 e. The molecule has 1 aromatic heterocycles. The van der Waals surface area contributed by atoms with E-state index in [1.54, 1.807) is 0 Å². The van der Waals surface area contributed by atoms with Crippen molar-refractivity contribution in [1.29, 1.82) is 0 Å². The number of amides is 1. The molecular weight excluding hydrogens is 180 g/mol. The lowest BCUT2D eigenvalue weighted by Crippen LogP contribution is -2.19. The second-order valence-electron chi connectivity index (χ2n) is 2.54. The summed E-state index contributed by atoms with van der Waals surface area (Å²) in [6.07, 6.45) is 3.06. The van der Waals surface area contributed by atoms with Crippen LogP contribution in [-0.2, 0) is 4.79 Å². The summed E-state index contributed by atoms with van der Waals surface area (Å²) in [5.74, 6) is 5.65. The van der Waals surface area contributed by atoms with Crippen LogP contribution in [0.15, 0.2) is 12.4 Å². The van der Waals surface area contributed by atoms with Gasteiger partial charge in [0.25, 0.3) is 0 Å². The standard InChI is InChI=1S/C9H10N4O/c1-7(14)11-4-2-3-8-5-12-9(10)13-6-8/h5-6H,4H2,1H3,(H,11,14)(H2,10,12,13). The van der Waals surface area contributed by atoms with Crippen molar-refractivity contribution in [1.82, 2.24) is 15.3 Å². The van der Waals surface area contributed by atoms with Crippen molar-refractivity contribution in [2.45, 2.75) is 6.92 Å². The van der Waals surface area contributed by atoms with Gasteiger partial charge in [-0.1, -0.05) is 11.8 Å². The van der Waals surface area contributed by atoms with Crippen molar-refractivity contribution in [2.24, 2.45) is 0 Å². The predicted octanol–water partition coefficient (Wildman–Crippen LogP) is -0.454. The van der Waals surface area contributed by atoms with E-state index < -0.39 is 0 Å². The Morgan fingerprint density at radius 2 is 2.21 bits per heavy atom. The Labute approximate surface area is 81.7 Å². The topological polar surface area (TPSA) is 80.9 Å². The fourth-order valence-corrected chi connectivity index (χ4v) is 0.717. The quantitative estimate of drug-likeness (QED) is 0.587. The Morgan fingerprint density at radius 1 is 1.57 bits per heavy atom. The number of anilines is 1. The molecule has 0 saturated carbocycles. The van der Waals surface area contributed by atoms with Gasteiger partial charge in [-0.05, 0) is 0 Å². The number of carbonyl (C=O) groups is 1.